The first-order valence-electron chi connectivity index (χ1n) is 12.4. The van der Waals surface area contributed by atoms with E-state index in [1.165, 1.54) is 18.2 Å². The van der Waals surface area contributed by atoms with Crippen molar-refractivity contribution in [3.63, 3.8) is 0 Å². The quantitative estimate of drug-likeness (QED) is 0.363. The van der Waals surface area contributed by atoms with E-state index in [1.54, 1.807) is 55.5 Å². The molecule has 1 heterocycles. The van der Waals surface area contributed by atoms with Gasteiger partial charge in [0.05, 0.1) is 22.8 Å². The molecule has 1 saturated heterocycles. The van der Waals surface area contributed by atoms with Crippen LogP contribution in [0.4, 0.5) is 24.5 Å². The highest BCUT2D eigenvalue weighted by atomic mass is 32.2. The number of alkyl halides is 3. The van der Waals surface area contributed by atoms with E-state index in [0.717, 1.165) is 19.3 Å². The standard InChI is InChI=1S/C28H29F3N2O4S/c1-2-38(35,36)23-13-11-20(12-14-23)17-26(34)32-22-18-24(33-15-7-4-8-16-33)27(21-9-5-3-6-10-21)25(19-22)37-28(29,30)31/h3,5-6,9-14,18-19H,2,4,7-8,15-17H2,1H3,(H,32,34). The zero-order valence-corrected chi connectivity index (χ0v) is 21.7. The number of hydrogen-bond donors (Lipinski definition) is 1. The predicted octanol–water partition coefficient (Wildman–Crippen LogP) is 6.22. The molecule has 10 heteroatoms. The Morgan fingerprint density at radius 3 is 2.24 bits per heavy atom. The number of anilines is 2. The van der Waals surface area contributed by atoms with E-state index in [-0.39, 0.29) is 22.8 Å². The Morgan fingerprint density at radius 2 is 1.63 bits per heavy atom. The van der Waals surface area contributed by atoms with E-state index in [0.29, 0.717) is 35.5 Å². The van der Waals surface area contributed by atoms with Crippen LogP contribution in [0.2, 0.25) is 0 Å². The zero-order valence-electron chi connectivity index (χ0n) is 20.9. The summed E-state index contributed by atoms with van der Waals surface area (Å²) >= 11 is 0. The molecule has 0 unspecified atom stereocenters. The Balaban J connectivity index is 1.67. The molecule has 1 aliphatic rings. The van der Waals surface area contributed by atoms with Crippen LogP contribution in [0.25, 0.3) is 11.1 Å². The van der Waals surface area contributed by atoms with Crippen molar-refractivity contribution < 1.29 is 31.1 Å². The van der Waals surface area contributed by atoms with Crippen molar-refractivity contribution >= 4 is 27.1 Å². The van der Waals surface area contributed by atoms with Crippen molar-refractivity contribution in [3.8, 4) is 16.9 Å². The largest absolute Gasteiger partial charge is 0.573 e. The van der Waals surface area contributed by atoms with Crippen LogP contribution in [0.1, 0.15) is 31.7 Å². The van der Waals surface area contributed by atoms with Crippen LogP contribution in [0.5, 0.6) is 5.75 Å². The number of sulfone groups is 1. The van der Waals surface area contributed by atoms with Crippen LogP contribution in [-0.2, 0) is 21.1 Å². The van der Waals surface area contributed by atoms with Gasteiger partial charge in [0.2, 0.25) is 5.91 Å². The summed E-state index contributed by atoms with van der Waals surface area (Å²) in [5.41, 5.74) is 2.20. The maximum absolute atomic E-state index is 13.5. The molecular formula is C28H29F3N2O4S. The van der Waals surface area contributed by atoms with E-state index in [2.05, 4.69) is 10.1 Å². The molecule has 1 fully saturated rings. The summed E-state index contributed by atoms with van der Waals surface area (Å²) in [5.74, 6) is -0.879. The lowest BCUT2D eigenvalue weighted by atomic mass is 9.99. The van der Waals surface area contributed by atoms with Gasteiger partial charge >= 0.3 is 6.36 Å². The van der Waals surface area contributed by atoms with E-state index < -0.39 is 27.9 Å². The van der Waals surface area contributed by atoms with E-state index >= 15 is 0 Å². The Kier molecular flexibility index (Phi) is 8.30. The van der Waals surface area contributed by atoms with E-state index in [9.17, 15) is 26.4 Å². The molecule has 3 aromatic rings. The molecule has 0 aliphatic carbocycles. The SMILES string of the molecule is CCS(=O)(=O)c1ccc(CC(=O)Nc2cc(OC(F)(F)F)c(-c3ccccc3)c(N3CCCCC3)c2)cc1. The second-order valence-corrected chi connectivity index (χ2v) is 11.4. The number of amides is 1. The fourth-order valence-corrected chi connectivity index (χ4v) is 5.41. The summed E-state index contributed by atoms with van der Waals surface area (Å²) in [6, 6.07) is 17.6. The van der Waals surface area contributed by atoms with E-state index in [1.807, 2.05) is 4.90 Å². The number of ether oxygens (including phenoxy) is 1. The number of nitrogens with zero attached hydrogens (tertiary/aromatic N) is 1. The molecule has 6 nitrogen and oxygen atoms in total. The molecule has 38 heavy (non-hydrogen) atoms. The van der Waals surface area contributed by atoms with Gasteiger partial charge in [0.25, 0.3) is 0 Å². The number of halogens is 3. The molecule has 1 amide bonds. The van der Waals surface area contributed by atoms with Crippen LogP contribution < -0.4 is 15.0 Å². The maximum atomic E-state index is 13.5. The maximum Gasteiger partial charge on any atom is 0.573 e. The van der Waals surface area contributed by atoms with Gasteiger partial charge in [0.1, 0.15) is 5.75 Å². The molecule has 0 aromatic heterocycles. The van der Waals surface area contributed by atoms with Gasteiger partial charge in [-0.05, 0) is 48.6 Å². The molecule has 3 aromatic carbocycles. The second-order valence-electron chi connectivity index (χ2n) is 9.10. The lowest BCUT2D eigenvalue weighted by Gasteiger charge is -2.32. The summed E-state index contributed by atoms with van der Waals surface area (Å²) in [6.07, 6.45) is -2.15. The predicted molar refractivity (Wildman–Crippen MR) is 141 cm³/mol. The molecule has 0 bridgehead atoms. The van der Waals surface area contributed by atoms with Gasteiger partial charge in [-0.2, -0.15) is 0 Å². The Morgan fingerprint density at radius 1 is 0.974 bits per heavy atom. The van der Waals surface area contributed by atoms with Gasteiger partial charge < -0.3 is 15.0 Å². The zero-order chi connectivity index (χ0) is 27.3. The lowest BCUT2D eigenvalue weighted by molar-refractivity contribution is -0.274. The van der Waals surface area contributed by atoms with Crippen molar-refractivity contribution in [2.24, 2.45) is 0 Å². The third kappa shape index (κ3) is 6.86. The van der Waals surface area contributed by atoms with Crippen molar-refractivity contribution in [2.75, 3.05) is 29.1 Å². The average Bonchev–Trinajstić information content (AvgIpc) is 2.89. The minimum absolute atomic E-state index is 0.0342. The smallest absolute Gasteiger partial charge is 0.405 e. The second kappa shape index (κ2) is 11.5. The third-order valence-electron chi connectivity index (χ3n) is 6.38. The molecule has 0 spiro atoms. The average molecular weight is 547 g/mol. The van der Waals surface area contributed by atoms with Crippen LogP contribution in [0.3, 0.4) is 0 Å². The number of carbonyl (C=O) groups is 1. The molecule has 1 N–H and O–H groups in total. The highest BCUT2D eigenvalue weighted by Gasteiger charge is 2.34. The fraction of sp³-hybridized carbons (Fsp3) is 0.321. The third-order valence-corrected chi connectivity index (χ3v) is 8.13. The number of carbonyl (C=O) groups excluding carboxylic acids is 1. The number of piperidine rings is 1. The van der Waals surface area contributed by atoms with Gasteiger partial charge in [-0.25, -0.2) is 8.42 Å². The first-order chi connectivity index (χ1) is 18.1. The first-order valence-corrected chi connectivity index (χ1v) is 14.1. The minimum Gasteiger partial charge on any atom is -0.405 e. The molecule has 202 valence electrons. The normalized spacial score (nSPS) is 14.3. The molecule has 0 radical (unpaired) electrons. The Labute approximate surface area is 220 Å². The van der Waals surface area contributed by atoms with Crippen molar-refractivity contribution in [1.82, 2.24) is 0 Å². The number of rotatable bonds is 8. The summed E-state index contributed by atoms with van der Waals surface area (Å²) in [5, 5.41) is 2.70. The van der Waals surface area contributed by atoms with Crippen LogP contribution in [0, 0.1) is 0 Å². The fourth-order valence-electron chi connectivity index (χ4n) is 4.53. The van der Waals surface area contributed by atoms with Crippen LogP contribution in [-0.4, -0.2) is 39.5 Å². The summed E-state index contributed by atoms with van der Waals surface area (Å²) in [6.45, 7) is 2.90. The van der Waals surface area contributed by atoms with Gasteiger partial charge in [-0.1, -0.05) is 49.4 Å². The molecule has 0 saturated carbocycles. The van der Waals surface area contributed by atoms with Crippen molar-refractivity contribution in [1.29, 1.82) is 0 Å². The van der Waals surface area contributed by atoms with Gasteiger partial charge in [-0.15, -0.1) is 13.2 Å². The Bertz CT molecular complexity index is 1370. The number of nitrogens with one attached hydrogen (secondary N) is 1. The monoisotopic (exact) mass is 546 g/mol. The van der Waals surface area contributed by atoms with Gasteiger partial charge in [0, 0.05) is 30.4 Å². The summed E-state index contributed by atoms with van der Waals surface area (Å²) in [7, 11) is -3.37. The summed E-state index contributed by atoms with van der Waals surface area (Å²) < 4.78 is 68.9. The molecule has 1 aliphatic heterocycles. The Hall–Kier alpha value is -3.53. The number of benzene rings is 3. The molecule has 4 rings (SSSR count). The van der Waals surface area contributed by atoms with Gasteiger partial charge in [-0.3, -0.25) is 4.79 Å². The number of hydrogen-bond acceptors (Lipinski definition) is 5. The van der Waals surface area contributed by atoms with Crippen LogP contribution in [0.15, 0.2) is 71.6 Å². The summed E-state index contributed by atoms with van der Waals surface area (Å²) in [4.78, 5) is 15.0. The molecule has 0 atom stereocenters. The van der Waals surface area contributed by atoms with E-state index in [4.69, 9.17) is 0 Å². The first kappa shape index (κ1) is 27.5. The van der Waals surface area contributed by atoms with Crippen molar-refractivity contribution in [3.05, 3.63) is 72.3 Å². The highest BCUT2D eigenvalue weighted by molar-refractivity contribution is 7.91. The van der Waals surface area contributed by atoms with Gasteiger partial charge in [0.15, 0.2) is 9.84 Å². The molecular weight excluding hydrogens is 517 g/mol. The van der Waals surface area contributed by atoms with Crippen molar-refractivity contribution in [2.45, 2.75) is 43.9 Å². The van der Waals surface area contributed by atoms with Crippen LogP contribution >= 0.6 is 0 Å². The highest BCUT2D eigenvalue weighted by Crippen LogP contribution is 2.44. The topological polar surface area (TPSA) is 75.7 Å². The minimum atomic E-state index is -4.92. The lowest BCUT2D eigenvalue weighted by Crippen LogP contribution is -2.30.